The first-order valence-corrected chi connectivity index (χ1v) is 6.65. The second-order valence-electron chi connectivity index (χ2n) is 1.70. The Kier molecular flexibility index (Phi) is 4.82. The molecule has 1 radical (unpaired) electrons. The molecule has 1 fully saturated rings. The van der Waals surface area contributed by atoms with Crippen molar-refractivity contribution < 1.29 is 0 Å². The van der Waals surface area contributed by atoms with Crippen molar-refractivity contribution in [2.75, 3.05) is 15.9 Å². The van der Waals surface area contributed by atoms with Crippen molar-refractivity contribution in [3.8, 4) is 0 Å². The van der Waals surface area contributed by atoms with Crippen LogP contribution in [0.25, 0.3) is 0 Å². The van der Waals surface area contributed by atoms with E-state index in [1.807, 2.05) is 35.3 Å². The Morgan fingerprint density at radius 1 is 1.33 bits per heavy atom. The van der Waals surface area contributed by atoms with Crippen LogP contribution in [0.1, 0.15) is 6.42 Å². The van der Waals surface area contributed by atoms with Crippen LogP contribution in [-0.4, -0.2) is 20.5 Å². The highest BCUT2D eigenvalue weighted by Gasteiger charge is 2.12. The quantitative estimate of drug-likeness (QED) is 0.668. The van der Waals surface area contributed by atoms with Gasteiger partial charge in [-0.25, -0.2) is 0 Å². The van der Waals surface area contributed by atoms with Gasteiger partial charge in [0.1, 0.15) is 0 Å². The minimum atomic E-state index is 0.809. The van der Waals surface area contributed by atoms with Crippen LogP contribution >= 0.6 is 47.9 Å². The first-order valence-electron chi connectivity index (χ1n) is 2.82. The first-order chi connectivity index (χ1) is 4.43. The minimum absolute atomic E-state index is 0.809. The maximum atomic E-state index is 4.90. The van der Waals surface area contributed by atoms with Crippen LogP contribution in [0.4, 0.5) is 0 Å². The molecule has 0 aromatic heterocycles. The van der Waals surface area contributed by atoms with E-state index in [9.17, 15) is 0 Å². The highest BCUT2D eigenvalue weighted by atomic mass is 32.3. The number of hydrogen-bond acceptors (Lipinski definition) is 3. The van der Waals surface area contributed by atoms with E-state index in [2.05, 4.69) is 0 Å². The van der Waals surface area contributed by atoms with Gasteiger partial charge in [-0.3, -0.25) is 0 Å². The Morgan fingerprint density at radius 2 is 2.00 bits per heavy atom. The second-order valence-corrected chi connectivity index (χ2v) is 6.50. The molecule has 0 aromatic rings. The van der Waals surface area contributed by atoms with Gasteiger partial charge in [-0.15, -0.1) is 35.3 Å². The van der Waals surface area contributed by atoms with Crippen molar-refractivity contribution in [3.63, 3.8) is 0 Å². The molecule has 0 amide bonds. The van der Waals surface area contributed by atoms with Gasteiger partial charge < -0.3 is 0 Å². The average molecular weight is 197 g/mol. The maximum Gasteiger partial charge on any atom is 0.0527 e. The molecule has 1 heterocycles. The highest BCUT2D eigenvalue weighted by Crippen LogP contribution is 2.37. The lowest BCUT2D eigenvalue weighted by atomic mass is 10.6. The van der Waals surface area contributed by atoms with E-state index < -0.39 is 0 Å². The molecule has 1 aliphatic rings. The molecule has 0 saturated carbocycles. The number of hydrogen-bond donors (Lipinski definition) is 0. The van der Waals surface area contributed by atoms with Crippen LogP contribution in [0.2, 0.25) is 0 Å². The monoisotopic (exact) mass is 197 g/mol. The molecule has 1 saturated heterocycles. The zero-order chi connectivity index (χ0) is 6.53. The van der Waals surface area contributed by atoms with Crippen LogP contribution in [0.5, 0.6) is 0 Å². The first kappa shape index (κ1) is 8.50. The summed E-state index contributed by atoms with van der Waals surface area (Å²) in [6.07, 6.45) is 1.21. The fourth-order valence-corrected chi connectivity index (χ4v) is 5.95. The molecule has 1 aliphatic heterocycles. The molecule has 1 rings (SSSR count). The SMILES string of the molecule is [S]CCC1SCSCS1. The van der Waals surface area contributed by atoms with Gasteiger partial charge in [0, 0.05) is 15.9 Å². The van der Waals surface area contributed by atoms with Crippen LogP contribution in [0.15, 0.2) is 0 Å². The summed E-state index contributed by atoms with van der Waals surface area (Å²) in [6, 6.07) is 0. The van der Waals surface area contributed by atoms with Gasteiger partial charge in [-0.05, 0) is 6.42 Å². The van der Waals surface area contributed by atoms with E-state index in [4.69, 9.17) is 12.6 Å². The highest BCUT2D eigenvalue weighted by molar-refractivity contribution is 8.32. The molecular weight excluding hydrogens is 188 g/mol. The van der Waals surface area contributed by atoms with Crippen molar-refractivity contribution in [1.82, 2.24) is 0 Å². The Labute approximate surface area is 74.7 Å². The summed E-state index contributed by atoms with van der Waals surface area (Å²) < 4.78 is 0.809. The lowest BCUT2D eigenvalue weighted by Crippen LogP contribution is -2.03. The molecule has 0 N–H and O–H groups in total. The lowest BCUT2D eigenvalue weighted by Gasteiger charge is -2.18. The molecule has 0 atom stereocenters. The van der Waals surface area contributed by atoms with Crippen LogP contribution in [0.3, 0.4) is 0 Å². The number of rotatable bonds is 2. The average Bonchev–Trinajstić information content (AvgIpc) is 1.91. The smallest absolute Gasteiger partial charge is 0.0527 e. The van der Waals surface area contributed by atoms with E-state index in [-0.39, 0.29) is 0 Å². The molecule has 53 valence electrons. The van der Waals surface area contributed by atoms with Gasteiger partial charge in [0.25, 0.3) is 0 Å². The van der Waals surface area contributed by atoms with Crippen molar-refractivity contribution >= 4 is 47.9 Å². The largest absolute Gasteiger partial charge is 0.140 e. The third kappa shape index (κ3) is 3.35. The minimum Gasteiger partial charge on any atom is -0.140 e. The van der Waals surface area contributed by atoms with Crippen LogP contribution < -0.4 is 0 Å². The fourth-order valence-electron chi connectivity index (χ4n) is 0.593. The second kappa shape index (κ2) is 5.10. The zero-order valence-corrected chi connectivity index (χ0v) is 8.30. The van der Waals surface area contributed by atoms with Crippen molar-refractivity contribution in [2.24, 2.45) is 0 Å². The summed E-state index contributed by atoms with van der Waals surface area (Å²) in [7, 11) is 0. The molecule has 4 heteroatoms. The topological polar surface area (TPSA) is 0 Å². The van der Waals surface area contributed by atoms with Gasteiger partial charge in [-0.1, -0.05) is 12.6 Å². The summed E-state index contributed by atoms with van der Waals surface area (Å²) >= 11 is 11.0. The fraction of sp³-hybridized carbons (Fsp3) is 1.00. The Morgan fingerprint density at radius 3 is 2.56 bits per heavy atom. The predicted molar refractivity (Wildman–Crippen MR) is 53.4 cm³/mol. The maximum absolute atomic E-state index is 4.90. The van der Waals surface area contributed by atoms with Crippen LogP contribution in [-0.2, 0) is 0 Å². The van der Waals surface area contributed by atoms with Gasteiger partial charge in [0.15, 0.2) is 0 Å². The van der Waals surface area contributed by atoms with E-state index in [1.54, 1.807) is 0 Å². The van der Waals surface area contributed by atoms with Crippen molar-refractivity contribution in [1.29, 1.82) is 0 Å². The van der Waals surface area contributed by atoms with Gasteiger partial charge >= 0.3 is 0 Å². The summed E-state index contributed by atoms with van der Waals surface area (Å²) in [6.45, 7) is 0. The third-order valence-electron chi connectivity index (χ3n) is 1.03. The van der Waals surface area contributed by atoms with Gasteiger partial charge in [0.2, 0.25) is 0 Å². The summed E-state index contributed by atoms with van der Waals surface area (Å²) in [4.78, 5) is 0. The zero-order valence-electron chi connectivity index (χ0n) is 5.04. The van der Waals surface area contributed by atoms with Crippen molar-refractivity contribution in [3.05, 3.63) is 0 Å². The van der Waals surface area contributed by atoms with E-state index >= 15 is 0 Å². The van der Waals surface area contributed by atoms with Crippen molar-refractivity contribution in [2.45, 2.75) is 11.0 Å². The Hall–Kier alpha value is 1.40. The molecule has 0 nitrogen and oxygen atoms in total. The Balaban J connectivity index is 2.08. The number of thioether (sulfide) groups is 3. The molecule has 0 bridgehead atoms. The van der Waals surface area contributed by atoms with Gasteiger partial charge in [-0.2, -0.15) is 0 Å². The third-order valence-corrected chi connectivity index (χ3v) is 5.72. The molecule has 0 aliphatic carbocycles. The Bertz CT molecular complexity index is 66.6. The van der Waals surface area contributed by atoms with Crippen LogP contribution in [0, 0.1) is 0 Å². The summed E-state index contributed by atoms with van der Waals surface area (Å²) in [5.41, 5.74) is 0. The molecular formula is C5H9S4. The molecule has 0 aromatic carbocycles. The van der Waals surface area contributed by atoms with E-state index in [1.165, 1.54) is 16.6 Å². The van der Waals surface area contributed by atoms with E-state index in [0.717, 1.165) is 10.3 Å². The van der Waals surface area contributed by atoms with E-state index in [0.29, 0.717) is 0 Å². The summed E-state index contributed by atoms with van der Waals surface area (Å²) in [5, 5.41) is 2.54. The predicted octanol–water partition coefficient (Wildman–Crippen LogP) is 3.03. The molecule has 9 heavy (non-hydrogen) atoms. The standard InChI is InChI=1S/C5H9S4/c6-2-1-5-8-3-7-4-9-5/h5H,1-4H2. The normalized spacial score (nSPS) is 22.3. The summed E-state index contributed by atoms with van der Waals surface area (Å²) in [5.74, 6) is 0.926. The molecule has 0 spiro atoms. The lowest BCUT2D eigenvalue weighted by molar-refractivity contribution is 1.08. The molecule has 0 unspecified atom stereocenters. The van der Waals surface area contributed by atoms with Gasteiger partial charge in [0.05, 0.1) is 4.58 Å².